The average Bonchev–Trinajstić information content (AvgIpc) is 3.04. The van der Waals surface area contributed by atoms with E-state index in [0.29, 0.717) is 16.9 Å². The van der Waals surface area contributed by atoms with Crippen molar-refractivity contribution >= 4 is 23.2 Å². The van der Waals surface area contributed by atoms with Crippen molar-refractivity contribution in [1.82, 2.24) is 19.9 Å². The number of hydrogen-bond acceptors (Lipinski definition) is 6. The van der Waals surface area contributed by atoms with E-state index >= 15 is 0 Å². The van der Waals surface area contributed by atoms with Crippen molar-refractivity contribution in [2.45, 2.75) is 39.0 Å². The summed E-state index contributed by atoms with van der Waals surface area (Å²) in [5, 5.41) is 11.5. The number of ketones is 1. The van der Waals surface area contributed by atoms with Crippen LogP contribution in [0.3, 0.4) is 0 Å². The lowest BCUT2D eigenvalue weighted by atomic mass is 10.1. The Morgan fingerprint density at radius 1 is 0.914 bits per heavy atom. The summed E-state index contributed by atoms with van der Waals surface area (Å²) in [4.78, 5) is 27.9. The summed E-state index contributed by atoms with van der Waals surface area (Å²) in [6, 6.07) is 11.8. The number of ether oxygens (including phenoxy) is 1. The van der Waals surface area contributed by atoms with Gasteiger partial charge in [0.05, 0.1) is 5.69 Å². The van der Waals surface area contributed by atoms with Gasteiger partial charge in [0.1, 0.15) is 5.75 Å². The zero-order valence-electron chi connectivity index (χ0n) is 19.0. The summed E-state index contributed by atoms with van der Waals surface area (Å²) in [7, 11) is 0. The third-order valence-electron chi connectivity index (χ3n) is 5.54. The Kier molecular flexibility index (Phi) is 7.04. The van der Waals surface area contributed by atoms with Crippen LogP contribution in [0.5, 0.6) is 5.75 Å². The summed E-state index contributed by atoms with van der Waals surface area (Å²) in [5.41, 5.74) is 1.58. The quantitative estimate of drug-likeness (QED) is 0.485. The number of carbonyl (C=O) groups excluding carboxylic acids is 2. The summed E-state index contributed by atoms with van der Waals surface area (Å²) in [5.74, 6) is -0.552. The maximum Gasteiger partial charge on any atom is 0.573 e. The first-order valence-corrected chi connectivity index (χ1v) is 11.2. The smallest absolute Gasteiger partial charge is 0.406 e. The second-order valence-electron chi connectivity index (χ2n) is 8.19. The highest BCUT2D eigenvalue weighted by molar-refractivity contribution is 5.97. The summed E-state index contributed by atoms with van der Waals surface area (Å²) < 4.78 is 41.0. The molecule has 1 fully saturated rings. The Morgan fingerprint density at radius 2 is 1.54 bits per heavy atom. The molecule has 2 aromatic carbocycles. The summed E-state index contributed by atoms with van der Waals surface area (Å²) >= 11 is 0. The van der Waals surface area contributed by atoms with Crippen LogP contribution in [0, 0.1) is 0 Å². The number of rotatable bonds is 6. The van der Waals surface area contributed by atoms with Gasteiger partial charge in [0.25, 0.3) is 5.91 Å². The molecule has 0 unspecified atom stereocenters. The number of halogens is 3. The van der Waals surface area contributed by atoms with E-state index in [4.69, 9.17) is 0 Å². The molecule has 8 nitrogen and oxygen atoms in total. The van der Waals surface area contributed by atoms with Crippen molar-refractivity contribution < 1.29 is 27.5 Å². The number of likely N-dealkylation sites (tertiary alicyclic amines) is 1. The molecule has 1 saturated heterocycles. The fourth-order valence-corrected chi connectivity index (χ4v) is 3.81. The summed E-state index contributed by atoms with van der Waals surface area (Å²) in [6.45, 7) is 2.85. The molecule has 1 amide bonds. The summed E-state index contributed by atoms with van der Waals surface area (Å²) in [6.07, 6.45) is -0.508. The molecule has 4 rings (SSSR count). The molecule has 0 bridgehead atoms. The molecule has 0 atom stereocenters. The second-order valence-corrected chi connectivity index (χ2v) is 8.19. The maximum absolute atomic E-state index is 12.8. The second kappa shape index (κ2) is 10.2. The van der Waals surface area contributed by atoms with Crippen LogP contribution in [-0.4, -0.2) is 51.0 Å². The van der Waals surface area contributed by atoms with Gasteiger partial charge in [-0.25, -0.2) is 0 Å². The van der Waals surface area contributed by atoms with Crippen LogP contribution in [-0.2, 0) is 0 Å². The van der Waals surface area contributed by atoms with E-state index in [9.17, 15) is 22.8 Å². The van der Waals surface area contributed by atoms with Crippen molar-refractivity contribution in [3.8, 4) is 11.4 Å². The Balaban J connectivity index is 1.50. The number of hydrogen-bond donors (Lipinski definition) is 1. The zero-order chi connectivity index (χ0) is 25.0. The standard InChI is InChI=1S/C24H24F3N5O3/c1-16(33)21-22(30-32(29-21)19-10-12-20(13-11-19)35-24(25,26)27)28-18-8-6-17(7-9-18)23(34)31-14-4-2-3-5-15-31/h6-13H,2-5,14-15H2,1H3,(H,28,30). The number of benzene rings is 2. The fourth-order valence-electron chi connectivity index (χ4n) is 3.81. The minimum atomic E-state index is -4.79. The molecular formula is C24H24F3N5O3. The van der Waals surface area contributed by atoms with Gasteiger partial charge in [-0.1, -0.05) is 12.8 Å². The molecule has 0 radical (unpaired) electrons. The van der Waals surface area contributed by atoms with Gasteiger partial charge in [-0.2, -0.15) is 0 Å². The molecule has 3 aromatic rings. The number of alkyl halides is 3. The van der Waals surface area contributed by atoms with Crippen molar-refractivity contribution in [3.63, 3.8) is 0 Å². The Bertz CT molecular complexity index is 1180. The molecule has 1 N–H and O–H groups in total. The maximum atomic E-state index is 12.8. The van der Waals surface area contributed by atoms with Crippen molar-refractivity contribution in [2.24, 2.45) is 0 Å². The third-order valence-corrected chi connectivity index (χ3v) is 5.54. The van der Waals surface area contributed by atoms with E-state index in [1.54, 1.807) is 24.3 Å². The third kappa shape index (κ3) is 6.17. The first-order valence-electron chi connectivity index (χ1n) is 11.2. The lowest BCUT2D eigenvalue weighted by molar-refractivity contribution is -0.274. The van der Waals surface area contributed by atoms with Crippen LogP contribution in [0.15, 0.2) is 48.5 Å². The zero-order valence-corrected chi connectivity index (χ0v) is 19.0. The molecule has 184 valence electrons. The van der Waals surface area contributed by atoms with E-state index in [0.717, 1.165) is 55.7 Å². The van der Waals surface area contributed by atoms with Gasteiger partial charge in [-0.3, -0.25) is 9.59 Å². The van der Waals surface area contributed by atoms with Crippen LogP contribution in [0.4, 0.5) is 24.7 Å². The molecule has 1 aromatic heterocycles. The largest absolute Gasteiger partial charge is 0.573 e. The number of amides is 1. The molecule has 11 heteroatoms. The minimum absolute atomic E-state index is 0.00762. The van der Waals surface area contributed by atoms with E-state index < -0.39 is 6.36 Å². The highest BCUT2D eigenvalue weighted by Crippen LogP contribution is 2.25. The predicted octanol–water partition coefficient (Wildman–Crippen LogP) is 5.13. The monoisotopic (exact) mass is 487 g/mol. The van der Waals surface area contributed by atoms with E-state index in [-0.39, 0.29) is 29.0 Å². The Morgan fingerprint density at radius 3 is 2.11 bits per heavy atom. The van der Waals surface area contributed by atoms with Gasteiger partial charge in [0.2, 0.25) is 0 Å². The molecule has 1 aliphatic heterocycles. The highest BCUT2D eigenvalue weighted by atomic mass is 19.4. The molecule has 35 heavy (non-hydrogen) atoms. The molecule has 0 spiro atoms. The van der Waals surface area contributed by atoms with Crippen molar-refractivity contribution in [3.05, 3.63) is 59.8 Å². The lowest BCUT2D eigenvalue weighted by Crippen LogP contribution is -2.31. The Hall–Kier alpha value is -3.89. The fraction of sp³-hybridized carbons (Fsp3) is 0.333. The van der Waals surface area contributed by atoms with Crippen LogP contribution in [0.25, 0.3) is 5.69 Å². The van der Waals surface area contributed by atoms with Crippen molar-refractivity contribution in [1.29, 1.82) is 0 Å². The minimum Gasteiger partial charge on any atom is -0.406 e. The highest BCUT2D eigenvalue weighted by Gasteiger charge is 2.31. The van der Waals surface area contributed by atoms with Gasteiger partial charge in [0.15, 0.2) is 17.3 Å². The number of carbonyl (C=O) groups is 2. The van der Waals surface area contributed by atoms with Crippen LogP contribution in [0.1, 0.15) is 53.5 Å². The first-order chi connectivity index (χ1) is 16.7. The van der Waals surface area contributed by atoms with Crippen LogP contribution < -0.4 is 10.1 Å². The van der Waals surface area contributed by atoms with Crippen LogP contribution >= 0.6 is 0 Å². The topological polar surface area (TPSA) is 89.4 Å². The number of nitrogens with zero attached hydrogens (tertiary/aromatic N) is 4. The molecule has 1 aliphatic rings. The van der Waals surface area contributed by atoms with Crippen LogP contribution in [0.2, 0.25) is 0 Å². The molecule has 2 heterocycles. The van der Waals surface area contributed by atoms with E-state index in [1.165, 1.54) is 19.1 Å². The predicted molar refractivity (Wildman–Crippen MR) is 122 cm³/mol. The van der Waals surface area contributed by atoms with Crippen molar-refractivity contribution in [2.75, 3.05) is 18.4 Å². The molecule has 0 aliphatic carbocycles. The van der Waals surface area contributed by atoms with E-state index in [2.05, 4.69) is 20.3 Å². The number of nitrogens with one attached hydrogen (secondary N) is 1. The number of anilines is 2. The Labute approximate surface area is 199 Å². The number of Topliss-reactive ketones (excluding diaryl/α,β-unsaturated/α-hetero) is 1. The molecule has 0 saturated carbocycles. The SMILES string of the molecule is CC(=O)c1nn(-c2ccc(OC(F)(F)F)cc2)nc1Nc1ccc(C(=O)N2CCCCCC2)cc1. The van der Waals surface area contributed by atoms with Gasteiger partial charge in [-0.15, -0.1) is 28.2 Å². The van der Waals surface area contributed by atoms with Gasteiger partial charge in [0, 0.05) is 31.3 Å². The average molecular weight is 487 g/mol. The van der Waals surface area contributed by atoms with Gasteiger partial charge >= 0.3 is 6.36 Å². The first kappa shape index (κ1) is 24.2. The normalized spacial score (nSPS) is 14.3. The van der Waals surface area contributed by atoms with Gasteiger partial charge in [-0.05, 0) is 61.4 Å². The molecular weight excluding hydrogens is 463 g/mol. The number of aromatic nitrogens is 3. The van der Waals surface area contributed by atoms with Gasteiger partial charge < -0.3 is 15.0 Å². The van der Waals surface area contributed by atoms with E-state index in [1.807, 2.05) is 4.90 Å². The lowest BCUT2D eigenvalue weighted by Gasteiger charge is -2.20.